The molecular weight excluding hydrogens is 282 g/mol. The molecule has 2 aliphatic rings. The van der Waals surface area contributed by atoms with E-state index < -0.39 is 0 Å². The average Bonchev–Trinajstić information content (AvgIpc) is 2.96. The van der Waals surface area contributed by atoms with Crippen LogP contribution in [0, 0.1) is 5.92 Å². The van der Waals surface area contributed by atoms with Gasteiger partial charge in [-0.15, -0.1) is 0 Å². The molecule has 0 radical (unpaired) electrons. The average molecular weight is 308 g/mol. The molecule has 21 heavy (non-hydrogen) atoms. The Bertz CT molecular complexity index is 477. The van der Waals surface area contributed by atoms with Crippen molar-refractivity contribution in [2.45, 2.75) is 58.0 Å². The number of fused-ring (bicyclic) bond motifs is 1. The van der Waals surface area contributed by atoms with Gasteiger partial charge in [0.25, 0.3) is 0 Å². The number of rotatable bonds is 5. The number of anilines is 1. The van der Waals surface area contributed by atoms with Gasteiger partial charge < -0.3 is 10.2 Å². The number of hydrogen-bond donors (Lipinski definition) is 1. The Balaban J connectivity index is 1.72. The highest BCUT2D eigenvalue weighted by atomic mass is 35.5. The van der Waals surface area contributed by atoms with Crippen molar-refractivity contribution in [2.24, 2.45) is 5.92 Å². The van der Waals surface area contributed by atoms with E-state index in [0.717, 1.165) is 42.8 Å². The summed E-state index contributed by atoms with van der Waals surface area (Å²) in [4.78, 5) is 7.17. The first kappa shape index (κ1) is 15.1. The molecule has 1 saturated heterocycles. The summed E-state index contributed by atoms with van der Waals surface area (Å²) in [6.45, 7) is 5.18. The van der Waals surface area contributed by atoms with Crippen LogP contribution in [0.4, 0.5) is 5.82 Å². The van der Waals surface area contributed by atoms with E-state index in [-0.39, 0.29) is 0 Å². The topological polar surface area (TPSA) is 28.2 Å². The number of pyridine rings is 1. The largest absolute Gasteiger partial charge is 0.352 e. The molecule has 0 bridgehead atoms. The highest BCUT2D eigenvalue weighted by Crippen LogP contribution is 2.40. The number of piperidine rings is 1. The Morgan fingerprint density at radius 3 is 3.00 bits per heavy atom. The minimum absolute atomic E-state index is 0.674. The maximum atomic E-state index is 6.53. The van der Waals surface area contributed by atoms with Gasteiger partial charge in [-0.2, -0.15) is 0 Å². The number of aromatic nitrogens is 1. The smallest absolute Gasteiger partial charge is 0.147 e. The standard InChI is InChI=1S/C17H26ClN3/c1-2-8-19-11-13-10-15(18)17(20-12-13)21-9-4-6-14-5-3-7-16(14)21/h10,12,14,16,19H,2-9,11H2,1H3. The van der Waals surface area contributed by atoms with Crippen LogP contribution in [0.3, 0.4) is 0 Å². The van der Waals surface area contributed by atoms with Gasteiger partial charge in [-0.3, -0.25) is 0 Å². The molecule has 4 heteroatoms. The molecular formula is C17H26ClN3. The summed E-state index contributed by atoms with van der Waals surface area (Å²) in [6.07, 6.45) is 9.86. The number of hydrogen-bond acceptors (Lipinski definition) is 3. The second-order valence-electron chi connectivity index (χ2n) is 6.42. The van der Waals surface area contributed by atoms with E-state index in [4.69, 9.17) is 16.6 Å². The molecule has 1 aromatic heterocycles. The van der Waals surface area contributed by atoms with Crippen LogP contribution in [0.2, 0.25) is 5.02 Å². The minimum atomic E-state index is 0.674. The fraction of sp³-hybridized carbons (Fsp3) is 0.706. The quantitative estimate of drug-likeness (QED) is 0.833. The van der Waals surface area contributed by atoms with Crippen LogP contribution in [0.1, 0.15) is 51.0 Å². The summed E-state index contributed by atoms with van der Waals surface area (Å²) in [5.41, 5.74) is 1.18. The van der Waals surface area contributed by atoms with Crippen LogP contribution in [-0.2, 0) is 6.54 Å². The second-order valence-corrected chi connectivity index (χ2v) is 6.83. The van der Waals surface area contributed by atoms with Gasteiger partial charge in [0.05, 0.1) is 5.02 Å². The van der Waals surface area contributed by atoms with E-state index in [9.17, 15) is 0 Å². The molecule has 1 aromatic rings. The third-order valence-electron chi connectivity index (χ3n) is 4.90. The van der Waals surface area contributed by atoms with Gasteiger partial charge in [-0.05, 0) is 56.2 Å². The fourth-order valence-electron chi connectivity index (χ4n) is 3.90. The Kier molecular flexibility index (Phi) is 5.02. The van der Waals surface area contributed by atoms with E-state index in [2.05, 4.69) is 23.2 Å². The van der Waals surface area contributed by atoms with E-state index in [1.165, 1.54) is 37.7 Å². The van der Waals surface area contributed by atoms with Gasteiger partial charge in [0.15, 0.2) is 0 Å². The fourth-order valence-corrected chi connectivity index (χ4v) is 4.20. The van der Waals surface area contributed by atoms with Crippen LogP contribution >= 0.6 is 11.6 Å². The molecule has 1 saturated carbocycles. The monoisotopic (exact) mass is 307 g/mol. The zero-order chi connectivity index (χ0) is 14.7. The third kappa shape index (κ3) is 3.35. The summed E-state index contributed by atoms with van der Waals surface area (Å²) >= 11 is 6.53. The lowest BCUT2D eigenvalue weighted by molar-refractivity contribution is 0.360. The molecule has 1 aliphatic heterocycles. The number of halogens is 1. The maximum absolute atomic E-state index is 6.53. The van der Waals surface area contributed by atoms with Crippen LogP contribution in [0.15, 0.2) is 12.3 Å². The van der Waals surface area contributed by atoms with E-state index in [1.807, 2.05) is 6.20 Å². The van der Waals surface area contributed by atoms with Crippen molar-refractivity contribution >= 4 is 17.4 Å². The van der Waals surface area contributed by atoms with Crippen molar-refractivity contribution < 1.29 is 0 Å². The summed E-state index contributed by atoms with van der Waals surface area (Å²) in [7, 11) is 0. The van der Waals surface area contributed by atoms with Crippen molar-refractivity contribution in [3.63, 3.8) is 0 Å². The van der Waals surface area contributed by atoms with Crippen molar-refractivity contribution in [1.29, 1.82) is 0 Å². The van der Waals surface area contributed by atoms with Gasteiger partial charge in [-0.25, -0.2) is 4.98 Å². The van der Waals surface area contributed by atoms with Crippen LogP contribution in [0.25, 0.3) is 0 Å². The molecule has 1 aliphatic carbocycles. The molecule has 2 fully saturated rings. The Morgan fingerprint density at radius 2 is 2.19 bits per heavy atom. The first-order chi connectivity index (χ1) is 10.3. The number of nitrogens with one attached hydrogen (secondary N) is 1. The summed E-state index contributed by atoms with van der Waals surface area (Å²) in [5, 5.41) is 4.22. The molecule has 2 unspecified atom stereocenters. The van der Waals surface area contributed by atoms with Gasteiger partial charge in [-0.1, -0.05) is 24.9 Å². The lowest BCUT2D eigenvalue weighted by atomic mass is 9.92. The highest BCUT2D eigenvalue weighted by Gasteiger charge is 2.36. The normalized spacial score (nSPS) is 25.1. The molecule has 3 rings (SSSR count). The molecule has 1 N–H and O–H groups in total. The summed E-state index contributed by atoms with van der Waals surface area (Å²) in [6, 6.07) is 2.76. The molecule has 0 amide bonds. The SMILES string of the molecule is CCCNCc1cnc(N2CCCC3CCCC32)c(Cl)c1. The Morgan fingerprint density at radius 1 is 1.33 bits per heavy atom. The maximum Gasteiger partial charge on any atom is 0.147 e. The third-order valence-corrected chi connectivity index (χ3v) is 5.18. The van der Waals surface area contributed by atoms with Gasteiger partial charge in [0.2, 0.25) is 0 Å². The molecule has 2 heterocycles. The molecule has 0 spiro atoms. The van der Waals surface area contributed by atoms with Crippen molar-refractivity contribution in [2.75, 3.05) is 18.0 Å². The molecule has 2 atom stereocenters. The van der Waals surface area contributed by atoms with Crippen LogP contribution in [-0.4, -0.2) is 24.1 Å². The molecule has 3 nitrogen and oxygen atoms in total. The predicted octanol–water partition coefficient (Wildman–Crippen LogP) is 4.00. The van der Waals surface area contributed by atoms with E-state index in [1.54, 1.807) is 0 Å². The lowest BCUT2D eigenvalue weighted by Gasteiger charge is -2.39. The molecule has 0 aromatic carbocycles. The Labute approximate surface area is 133 Å². The minimum Gasteiger partial charge on any atom is -0.352 e. The zero-order valence-corrected chi connectivity index (χ0v) is 13.7. The van der Waals surface area contributed by atoms with Crippen molar-refractivity contribution in [3.05, 3.63) is 22.8 Å². The zero-order valence-electron chi connectivity index (χ0n) is 12.9. The second kappa shape index (κ2) is 6.97. The first-order valence-electron chi connectivity index (χ1n) is 8.41. The molecule has 116 valence electrons. The van der Waals surface area contributed by atoms with Crippen molar-refractivity contribution in [3.8, 4) is 0 Å². The Hall–Kier alpha value is -0.800. The highest BCUT2D eigenvalue weighted by molar-refractivity contribution is 6.33. The summed E-state index contributed by atoms with van der Waals surface area (Å²) in [5.74, 6) is 1.87. The van der Waals surface area contributed by atoms with Crippen molar-refractivity contribution in [1.82, 2.24) is 10.3 Å². The van der Waals surface area contributed by atoms with Gasteiger partial charge >= 0.3 is 0 Å². The predicted molar refractivity (Wildman–Crippen MR) is 89.0 cm³/mol. The number of nitrogens with zero attached hydrogens (tertiary/aromatic N) is 2. The van der Waals surface area contributed by atoms with E-state index in [0.29, 0.717) is 6.04 Å². The van der Waals surface area contributed by atoms with Gasteiger partial charge in [0, 0.05) is 25.3 Å². The van der Waals surface area contributed by atoms with Gasteiger partial charge in [0.1, 0.15) is 5.82 Å². The van der Waals surface area contributed by atoms with Crippen LogP contribution < -0.4 is 10.2 Å². The first-order valence-corrected chi connectivity index (χ1v) is 8.79. The van der Waals surface area contributed by atoms with Crippen LogP contribution in [0.5, 0.6) is 0 Å². The van der Waals surface area contributed by atoms with E-state index >= 15 is 0 Å². The summed E-state index contributed by atoms with van der Waals surface area (Å²) < 4.78 is 0. The lowest BCUT2D eigenvalue weighted by Crippen LogP contribution is -2.43.